The van der Waals surface area contributed by atoms with Crippen LogP contribution in [-0.2, 0) is 19.4 Å². The van der Waals surface area contributed by atoms with E-state index in [0.717, 1.165) is 4.68 Å². The maximum atomic E-state index is 12.4. The van der Waals surface area contributed by atoms with Crippen molar-refractivity contribution < 1.29 is 5.11 Å². The number of hydrogen-bond donors (Lipinski definition) is 1. The highest BCUT2D eigenvalue weighted by atomic mass is 35.5. The molecule has 2 aromatic rings. The molecule has 0 aliphatic carbocycles. The van der Waals surface area contributed by atoms with Gasteiger partial charge in [-0.05, 0) is 24.5 Å². The number of nitrogens with zero attached hydrogens (tertiary/aromatic N) is 3. The molecule has 120 valence electrons. The smallest absolute Gasteiger partial charge is 0.285 e. The lowest BCUT2D eigenvalue weighted by molar-refractivity contribution is 0.149. The van der Waals surface area contributed by atoms with Gasteiger partial charge in [-0.15, -0.1) is 0 Å². The second-order valence-electron chi connectivity index (χ2n) is 5.14. The van der Waals surface area contributed by atoms with E-state index in [0.29, 0.717) is 34.7 Å². The van der Waals surface area contributed by atoms with Crippen molar-refractivity contribution in [3.8, 4) is 6.07 Å². The predicted octanol–water partition coefficient (Wildman–Crippen LogP) is 2.63. The van der Waals surface area contributed by atoms with Crippen LogP contribution in [0.3, 0.4) is 0 Å². The van der Waals surface area contributed by atoms with Crippen molar-refractivity contribution in [2.45, 2.75) is 39.3 Å². The Kier molecular flexibility index (Phi) is 5.54. The van der Waals surface area contributed by atoms with Gasteiger partial charge in [0.05, 0.1) is 12.2 Å². The largest absolute Gasteiger partial charge is 0.386 e. The van der Waals surface area contributed by atoms with Crippen LogP contribution in [0.15, 0.2) is 29.1 Å². The molecule has 1 N–H and O–H groups in total. The molecule has 1 heterocycles. The number of aromatic nitrogens is 2. The number of hydrogen-bond acceptors (Lipinski definition) is 4. The molecular formula is C17H18ClN3O2. The summed E-state index contributed by atoms with van der Waals surface area (Å²) in [5, 5.41) is 24.4. The topological polar surface area (TPSA) is 78.9 Å². The molecular weight excluding hydrogens is 314 g/mol. The van der Waals surface area contributed by atoms with Gasteiger partial charge in [0.2, 0.25) is 0 Å². The first-order valence-electron chi connectivity index (χ1n) is 7.48. The summed E-state index contributed by atoms with van der Waals surface area (Å²) in [6.07, 6.45) is 0.209. The average molecular weight is 332 g/mol. The van der Waals surface area contributed by atoms with Crippen LogP contribution in [0.2, 0.25) is 5.02 Å². The summed E-state index contributed by atoms with van der Waals surface area (Å²) in [5.41, 5.74) is 1.54. The Bertz CT molecular complexity index is 808. The van der Waals surface area contributed by atoms with Crippen LogP contribution in [-0.4, -0.2) is 14.9 Å². The Morgan fingerprint density at radius 3 is 2.61 bits per heavy atom. The summed E-state index contributed by atoms with van der Waals surface area (Å²) in [5.74, 6) is 0. The molecule has 0 saturated carbocycles. The Labute approximate surface area is 139 Å². The summed E-state index contributed by atoms with van der Waals surface area (Å²) in [4.78, 5) is 12.4. The van der Waals surface area contributed by atoms with Crippen molar-refractivity contribution in [1.29, 1.82) is 5.26 Å². The molecule has 0 spiro atoms. The number of aliphatic hydroxyl groups excluding tert-OH is 1. The molecule has 1 atom stereocenters. The summed E-state index contributed by atoms with van der Waals surface area (Å²) in [6.45, 7) is 3.76. The molecule has 6 heteroatoms. The lowest BCUT2D eigenvalue weighted by atomic mass is 10.0. The summed E-state index contributed by atoms with van der Waals surface area (Å²) < 4.78 is 1.16. The number of rotatable bonds is 5. The van der Waals surface area contributed by atoms with E-state index >= 15 is 0 Å². The van der Waals surface area contributed by atoms with Crippen molar-refractivity contribution in [3.05, 3.63) is 62.0 Å². The average Bonchev–Trinajstić information content (AvgIpc) is 2.56. The van der Waals surface area contributed by atoms with E-state index in [9.17, 15) is 15.2 Å². The van der Waals surface area contributed by atoms with E-state index in [1.807, 2.05) is 19.9 Å². The van der Waals surface area contributed by atoms with E-state index in [1.54, 1.807) is 24.3 Å². The number of aryl methyl sites for hydroxylation is 1. The molecule has 0 amide bonds. The van der Waals surface area contributed by atoms with E-state index in [2.05, 4.69) is 5.10 Å². The van der Waals surface area contributed by atoms with Gasteiger partial charge < -0.3 is 5.11 Å². The van der Waals surface area contributed by atoms with Crippen LogP contribution in [0.5, 0.6) is 0 Å². The zero-order valence-corrected chi connectivity index (χ0v) is 13.8. The minimum absolute atomic E-state index is 0.0474. The first-order valence-corrected chi connectivity index (χ1v) is 7.86. The Morgan fingerprint density at radius 1 is 1.35 bits per heavy atom. The standard InChI is InChI=1S/C17H18ClN3O2/c1-3-11-13(9-19)17(23)21(20-15(11)4-2)10-16(22)12-7-5-6-8-14(12)18/h5-8,16,22H,3-4,10H2,1-2H3. The molecule has 5 nitrogen and oxygen atoms in total. The van der Waals surface area contributed by atoms with Crippen molar-refractivity contribution >= 4 is 11.6 Å². The van der Waals surface area contributed by atoms with Gasteiger partial charge in [0.15, 0.2) is 0 Å². The monoisotopic (exact) mass is 331 g/mol. The van der Waals surface area contributed by atoms with Crippen LogP contribution in [0.25, 0.3) is 0 Å². The second kappa shape index (κ2) is 7.40. The van der Waals surface area contributed by atoms with Gasteiger partial charge in [0.25, 0.3) is 5.56 Å². The molecule has 0 bridgehead atoms. The quantitative estimate of drug-likeness (QED) is 0.913. The molecule has 0 radical (unpaired) electrons. The molecule has 0 saturated heterocycles. The minimum Gasteiger partial charge on any atom is -0.386 e. The van der Waals surface area contributed by atoms with Gasteiger partial charge in [-0.2, -0.15) is 10.4 Å². The highest BCUT2D eigenvalue weighted by Crippen LogP contribution is 2.23. The number of halogens is 1. The fourth-order valence-electron chi connectivity index (χ4n) is 2.57. The van der Waals surface area contributed by atoms with Gasteiger partial charge in [-0.25, -0.2) is 4.68 Å². The summed E-state index contributed by atoms with van der Waals surface area (Å²) >= 11 is 6.07. The van der Waals surface area contributed by atoms with Gasteiger partial charge >= 0.3 is 0 Å². The lowest BCUT2D eigenvalue weighted by Crippen LogP contribution is -2.30. The Morgan fingerprint density at radius 2 is 2.04 bits per heavy atom. The molecule has 1 unspecified atom stereocenters. The normalized spacial score (nSPS) is 12.0. The minimum atomic E-state index is -0.974. The molecule has 2 rings (SSSR count). The van der Waals surface area contributed by atoms with Crippen LogP contribution < -0.4 is 5.56 Å². The van der Waals surface area contributed by atoms with Crippen molar-refractivity contribution in [2.24, 2.45) is 0 Å². The molecule has 1 aromatic heterocycles. The van der Waals surface area contributed by atoms with E-state index in [4.69, 9.17) is 11.6 Å². The first kappa shape index (κ1) is 17.2. The summed E-state index contributed by atoms with van der Waals surface area (Å²) in [7, 11) is 0. The second-order valence-corrected chi connectivity index (χ2v) is 5.55. The first-order chi connectivity index (χ1) is 11.0. The maximum absolute atomic E-state index is 12.4. The van der Waals surface area contributed by atoms with Crippen LogP contribution in [0, 0.1) is 11.3 Å². The van der Waals surface area contributed by atoms with E-state index in [-0.39, 0.29) is 12.1 Å². The van der Waals surface area contributed by atoms with Crippen LogP contribution in [0.1, 0.15) is 42.3 Å². The van der Waals surface area contributed by atoms with Gasteiger partial charge in [0.1, 0.15) is 17.7 Å². The Hall–Kier alpha value is -2.16. The maximum Gasteiger partial charge on any atom is 0.285 e. The van der Waals surface area contributed by atoms with Gasteiger partial charge in [-0.1, -0.05) is 43.6 Å². The van der Waals surface area contributed by atoms with Crippen molar-refractivity contribution in [2.75, 3.05) is 0 Å². The molecule has 23 heavy (non-hydrogen) atoms. The summed E-state index contributed by atoms with van der Waals surface area (Å²) in [6, 6.07) is 8.88. The van der Waals surface area contributed by atoms with Crippen LogP contribution >= 0.6 is 11.6 Å². The third-order valence-electron chi connectivity index (χ3n) is 3.75. The number of nitriles is 1. The highest BCUT2D eigenvalue weighted by Gasteiger charge is 2.18. The number of aliphatic hydroxyl groups is 1. The molecule has 0 aliphatic rings. The molecule has 0 fully saturated rings. The fourth-order valence-corrected chi connectivity index (χ4v) is 2.83. The highest BCUT2D eigenvalue weighted by molar-refractivity contribution is 6.31. The third-order valence-corrected chi connectivity index (χ3v) is 4.09. The molecule has 0 aliphatic heterocycles. The van der Waals surface area contributed by atoms with Crippen molar-refractivity contribution in [1.82, 2.24) is 9.78 Å². The Balaban J connectivity index is 2.47. The van der Waals surface area contributed by atoms with Gasteiger partial charge in [-0.3, -0.25) is 4.79 Å². The van der Waals surface area contributed by atoms with E-state index in [1.165, 1.54) is 0 Å². The van der Waals surface area contributed by atoms with Gasteiger partial charge in [0, 0.05) is 10.6 Å². The lowest BCUT2D eigenvalue weighted by Gasteiger charge is -2.16. The van der Waals surface area contributed by atoms with Crippen molar-refractivity contribution in [3.63, 3.8) is 0 Å². The number of benzene rings is 1. The zero-order chi connectivity index (χ0) is 17.0. The zero-order valence-electron chi connectivity index (χ0n) is 13.1. The third kappa shape index (κ3) is 3.44. The molecule has 1 aromatic carbocycles. The predicted molar refractivity (Wildman–Crippen MR) is 88.4 cm³/mol. The fraction of sp³-hybridized carbons (Fsp3) is 0.353. The van der Waals surface area contributed by atoms with Crippen LogP contribution in [0.4, 0.5) is 0 Å². The SMILES string of the molecule is CCc1nn(CC(O)c2ccccc2Cl)c(=O)c(C#N)c1CC. The van der Waals surface area contributed by atoms with E-state index < -0.39 is 11.7 Å².